The lowest BCUT2D eigenvalue weighted by Crippen LogP contribution is -2.43. The zero-order valence-electron chi connectivity index (χ0n) is 20.9. The molecular weight excluding hydrogens is 460 g/mol. The Morgan fingerprint density at radius 1 is 0.833 bits per heavy atom. The fraction of sp³-hybridized carbons (Fsp3) is 0.571. The van der Waals surface area contributed by atoms with Crippen molar-refractivity contribution in [3.8, 4) is 5.75 Å². The number of hydrogen-bond acceptors (Lipinski definition) is 6. The van der Waals surface area contributed by atoms with Crippen LogP contribution in [0.25, 0.3) is 0 Å². The van der Waals surface area contributed by atoms with E-state index < -0.39 is 17.8 Å². The molecule has 0 bridgehead atoms. The summed E-state index contributed by atoms with van der Waals surface area (Å²) < 4.78 is 5.51. The molecule has 1 N–H and O–H groups in total. The van der Waals surface area contributed by atoms with E-state index in [1.54, 1.807) is 0 Å². The van der Waals surface area contributed by atoms with E-state index in [9.17, 15) is 19.2 Å². The second-order valence-electron chi connectivity index (χ2n) is 10.3. The van der Waals surface area contributed by atoms with Crippen molar-refractivity contribution in [1.29, 1.82) is 0 Å². The number of carbonyl (C=O) groups is 4. The van der Waals surface area contributed by atoms with Crippen LogP contribution in [0.1, 0.15) is 51.0 Å². The molecular formula is C28H34N2O6. The van der Waals surface area contributed by atoms with Crippen molar-refractivity contribution < 1.29 is 29.0 Å². The number of allylic oxidation sites excluding steroid dienone is 2. The van der Waals surface area contributed by atoms with Crippen molar-refractivity contribution >= 4 is 23.6 Å². The number of benzene rings is 1. The predicted octanol–water partition coefficient (Wildman–Crippen LogP) is 2.51. The number of nitrogens with zero attached hydrogens (tertiary/aromatic N) is 2. The number of aliphatic hydroxyl groups is 1. The minimum Gasteiger partial charge on any atom is -0.491 e. The van der Waals surface area contributed by atoms with E-state index in [1.165, 1.54) is 9.80 Å². The first-order valence-electron chi connectivity index (χ1n) is 13.2. The third-order valence-electron chi connectivity index (χ3n) is 8.32. The summed E-state index contributed by atoms with van der Waals surface area (Å²) in [6.07, 6.45) is 4.38. The second-order valence-corrected chi connectivity index (χ2v) is 10.3. The molecule has 2 saturated heterocycles. The van der Waals surface area contributed by atoms with Gasteiger partial charge in [0.05, 0.1) is 30.3 Å². The molecule has 1 aromatic carbocycles. The van der Waals surface area contributed by atoms with Gasteiger partial charge in [0, 0.05) is 19.0 Å². The highest BCUT2D eigenvalue weighted by molar-refractivity contribution is 6.07. The molecule has 0 aromatic heterocycles. The third-order valence-corrected chi connectivity index (χ3v) is 8.32. The van der Waals surface area contributed by atoms with Crippen LogP contribution in [-0.2, 0) is 19.2 Å². The molecule has 1 saturated carbocycles. The van der Waals surface area contributed by atoms with Gasteiger partial charge in [0.1, 0.15) is 12.4 Å². The Hall–Kier alpha value is -3.00. The molecule has 192 valence electrons. The van der Waals surface area contributed by atoms with Crippen LogP contribution in [0.3, 0.4) is 0 Å². The number of ether oxygens (including phenoxy) is 1. The topological polar surface area (TPSA) is 104 Å². The van der Waals surface area contributed by atoms with Crippen LogP contribution in [0.15, 0.2) is 35.9 Å². The summed E-state index contributed by atoms with van der Waals surface area (Å²) in [4.78, 5) is 56.4. The third kappa shape index (κ3) is 3.77. The fourth-order valence-electron chi connectivity index (χ4n) is 6.92. The molecule has 4 amide bonds. The largest absolute Gasteiger partial charge is 0.491 e. The Balaban J connectivity index is 1.56. The lowest BCUT2D eigenvalue weighted by molar-refractivity contribution is -0.142. The van der Waals surface area contributed by atoms with E-state index in [1.807, 2.05) is 38.1 Å². The summed E-state index contributed by atoms with van der Waals surface area (Å²) >= 11 is 0. The van der Waals surface area contributed by atoms with Crippen molar-refractivity contribution in [3.05, 3.63) is 41.5 Å². The van der Waals surface area contributed by atoms with Crippen LogP contribution in [0.2, 0.25) is 0 Å². The number of hydrogen-bond donors (Lipinski definition) is 1. The molecule has 6 unspecified atom stereocenters. The fourth-order valence-corrected chi connectivity index (χ4v) is 6.92. The molecule has 2 aliphatic heterocycles. The molecule has 0 radical (unpaired) electrons. The summed E-state index contributed by atoms with van der Waals surface area (Å²) in [7, 11) is 0. The predicted molar refractivity (Wildman–Crippen MR) is 131 cm³/mol. The number of fused-ring (bicyclic) bond motifs is 4. The SMILES string of the molecule is CCCN1C(=O)C2CC=C3C(CC4C(=O)N(CCC)C(=O)C4C3c3ccc(OCCO)cc3)C2C1=O. The van der Waals surface area contributed by atoms with E-state index in [0.29, 0.717) is 44.5 Å². The van der Waals surface area contributed by atoms with E-state index in [-0.39, 0.29) is 54.6 Å². The summed E-state index contributed by atoms with van der Waals surface area (Å²) in [5, 5.41) is 9.05. The standard InChI is InChI=1S/C28H34N2O6/c1-3-11-29-25(32)19-10-9-18-20(23(19)27(29)34)15-21-24(28(35)30(12-4-2)26(21)33)22(18)16-5-7-17(8-6-16)36-14-13-31/h5-9,19-24,31H,3-4,10-15H2,1-2H3. The number of carbonyl (C=O) groups excluding carboxylic acids is 4. The first kappa shape index (κ1) is 24.7. The molecule has 0 spiro atoms. The molecule has 36 heavy (non-hydrogen) atoms. The first-order valence-corrected chi connectivity index (χ1v) is 13.2. The molecule has 2 aliphatic carbocycles. The van der Waals surface area contributed by atoms with Gasteiger partial charge in [-0.15, -0.1) is 0 Å². The van der Waals surface area contributed by atoms with Crippen LogP contribution in [0.5, 0.6) is 5.75 Å². The van der Waals surface area contributed by atoms with Crippen molar-refractivity contribution in [2.24, 2.45) is 29.6 Å². The average molecular weight is 495 g/mol. The highest BCUT2D eigenvalue weighted by Gasteiger charge is 2.61. The zero-order chi connectivity index (χ0) is 25.6. The van der Waals surface area contributed by atoms with Gasteiger partial charge in [0.15, 0.2) is 0 Å². The van der Waals surface area contributed by atoms with Crippen LogP contribution < -0.4 is 4.74 Å². The number of amides is 4. The average Bonchev–Trinajstić information content (AvgIpc) is 3.27. The lowest BCUT2D eigenvalue weighted by Gasteiger charge is -2.44. The Morgan fingerprint density at radius 3 is 2.06 bits per heavy atom. The molecule has 5 rings (SSSR count). The molecule has 8 heteroatoms. The Morgan fingerprint density at radius 2 is 1.44 bits per heavy atom. The van der Waals surface area contributed by atoms with Gasteiger partial charge in [-0.1, -0.05) is 37.6 Å². The number of rotatable bonds is 8. The van der Waals surface area contributed by atoms with Gasteiger partial charge in [-0.25, -0.2) is 0 Å². The van der Waals surface area contributed by atoms with E-state index in [0.717, 1.165) is 11.1 Å². The van der Waals surface area contributed by atoms with Gasteiger partial charge in [-0.2, -0.15) is 0 Å². The lowest BCUT2D eigenvalue weighted by atomic mass is 9.57. The Kier molecular flexibility index (Phi) is 6.72. The summed E-state index contributed by atoms with van der Waals surface area (Å²) in [6, 6.07) is 7.45. The van der Waals surface area contributed by atoms with E-state index in [2.05, 4.69) is 6.08 Å². The van der Waals surface area contributed by atoms with Crippen LogP contribution in [-0.4, -0.2) is 64.8 Å². The van der Waals surface area contributed by atoms with Gasteiger partial charge in [-0.05, 0) is 49.3 Å². The van der Waals surface area contributed by atoms with Crippen LogP contribution >= 0.6 is 0 Å². The quantitative estimate of drug-likeness (QED) is 0.440. The maximum atomic E-state index is 13.6. The van der Waals surface area contributed by atoms with Gasteiger partial charge in [0.2, 0.25) is 23.6 Å². The van der Waals surface area contributed by atoms with Gasteiger partial charge >= 0.3 is 0 Å². The summed E-state index contributed by atoms with van der Waals surface area (Å²) in [5.41, 5.74) is 1.91. The van der Waals surface area contributed by atoms with E-state index in [4.69, 9.17) is 9.84 Å². The Bertz CT molecular complexity index is 1100. The normalized spacial score (nSPS) is 31.4. The number of likely N-dealkylation sites (tertiary alicyclic amines) is 2. The number of imide groups is 2. The zero-order valence-corrected chi connectivity index (χ0v) is 20.9. The van der Waals surface area contributed by atoms with Crippen LogP contribution in [0, 0.1) is 29.6 Å². The van der Waals surface area contributed by atoms with Crippen molar-refractivity contribution in [3.63, 3.8) is 0 Å². The molecule has 1 aromatic rings. The maximum absolute atomic E-state index is 13.6. The molecule has 4 aliphatic rings. The van der Waals surface area contributed by atoms with Crippen molar-refractivity contribution in [2.45, 2.75) is 45.4 Å². The Labute approximate surface area is 211 Å². The molecule has 6 atom stereocenters. The van der Waals surface area contributed by atoms with E-state index >= 15 is 0 Å². The highest BCUT2D eigenvalue weighted by Crippen LogP contribution is 2.57. The summed E-state index contributed by atoms with van der Waals surface area (Å²) in [5.74, 6) is -2.34. The van der Waals surface area contributed by atoms with Gasteiger partial charge in [-0.3, -0.25) is 29.0 Å². The maximum Gasteiger partial charge on any atom is 0.234 e. The second kappa shape index (κ2) is 9.81. The molecule has 3 fully saturated rings. The number of aliphatic hydroxyl groups excluding tert-OH is 1. The smallest absolute Gasteiger partial charge is 0.234 e. The molecule has 8 nitrogen and oxygen atoms in total. The molecule has 2 heterocycles. The van der Waals surface area contributed by atoms with Crippen molar-refractivity contribution in [2.75, 3.05) is 26.3 Å². The van der Waals surface area contributed by atoms with Gasteiger partial charge in [0.25, 0.3) is 0 Å². The summed E-state index contributed by atoms with van der Waals surface area (Å²) in [6.45, 7) is 4.81. The van der Waals surface area contributed by atoms with Gasteiger partial charge < -0.3 is 9.84 Å². The van der Waals surface area contributed by atoms with Crippen LogP contribution in [0.4, 0.5) is 0 Å². The minimum atomic E-state index is -0.508. The van der Waals surface area contributed by atoms with Crippen molar-refractivity contribution in [1.82, 2.24) is 9.80 Å². The first-order chi connectivity index (χ1) is 17.4. The highest BCUT2D eigenvalue weighted by atomic mass is 16.5. The minimum absolute atomic E-state index is 0.0864. The monoisotopic (exact) mass is 494 g/mol.